The molecule has 0 bridgehead atoms. The van der Waals surface area contributed by atoms with Crippen LogP contribution < -0.4 is 11.1 Å². The van der Waals surface area contributed by atoms with Gasteiger partial charge < -0.3 is 16.0 Å². The molecule has 5 nitrogen and oxygen atoms in total. The number of hydrogen-bond donors (Lipinski definition) is 2. The van der Waals surface area contributed by atoms with Crippen LogP contribution in [0, 0.1) is 0 Å². The Morgan fingerprint density at radius 1 is 1.67 bits per heavy atom. The maximum atomic E-state index is 12.2. The standard InChI is InChI=1S/C12H18N4OS/c1-7(2)6-16(3)11(17)9-10(13)15-12(18-9)14-8-4-5-8/h8H,1,4-6,13H2,2-3H3,(H,14,15). The van der Waals surface area contributed by atoms with E-state index in [-0.39, 0.29) is 5.91 Å². The van der Waals surface area contributed by atoms with Crippen molar-refractivity contribution < 1.29 is 4.79 Å². The van der Waals surface area contributed by atoms with E-state index >= 15 is 0 Å². The van der Waals surface area contributed by atoms with Crippen molar-refractivity contribution in [2.75, 3.05) is 24.6 Å². The molecule has 98 valence electrons. The fraction of sp³-hybridized carbons (Fsp3) is 0.500. The van der Waals surface area contributed by atoms with Gasteiger partial charge in [-0.15, -0.1) is 0 Å². The van der Waals surface area contributed by atoms with Crippen molar-refractivity contribution in [2.45, 2.75) is 25.8 Å². The van der Waals surface area contributed by atoms with Crippen LogP contribution in [0.25, 0.3) is 0 Å². The minimum absolute atomic E-state index is 0.100. The van der Waals surface area contributed by atoms with E-state index in [1.165, 1.54) is 24.2 Å². The summed E-state index contributed by atoms with van der Waals surface area (Å²) in [4.78, 5) is 18.5. The normalized spacial score (nSPS) is 14.3. The van der Waals surface area contributed by atoms with Gasteiger partial charge in [0.2, 0.25) is 0 Å². The average molecular weight is 266 g/mol. The van der Waals surface area contributed by atoms with Crippen molar-refractivity contribution in [3.63, 3.8) is 0 Å². The monoisotopic (exact) mass is 266 g/mol. The number of nitrogens with one attached hydrogen (secondary N) is 1. The number of rotatable bonds is 5. The maximum absolute atomic E-state index is 12.2. The molecule has 6 heteroatoms. The van der Waals surface area contributed by atoms with Gasteiger partial charge in [-0.3, -0.25) is 4.79 Å². The summed E-state index contributed by atoms with van der Waals surface area (Å²) in [5.74, 6) is 0.207. The van der Waals surface area contributed by atoms with Crippen molar-refractivity contribution in [2.24, 2.45) is 0 Å². The molecule has 1 aliphatic rings. The molecule has 0 aliphatic heterocycles. The number of hydrogen-bond acceptors (Lipinski definition) is 5. The van der Waals surface area contributed by atoms with Crippen molar-refractivity contribution >= 4 is 28.2 Å². The molecule has 0 atom stereocenters. The lowest BCUT2D eigenvalue weighted by Gasteiger charge is -2.15. The van der Waals surface area contributed by atoms with E-state index in [1.54, 1.807) is 11.9 Å². The van der Waals surface area contributed by atoms with E-state index < -0.39 is 0 Å². The molecule has 1 amide bonds. The fourth-order valence-electron chi connectivity index (χ4n) is 1.60. The van der Waals surface area contributed by atoms with Gasteiger partial charge in [-0.1, -0.05) is 23.5 Å². The number of nitrogens with two attached hydrogens (primary N) is 1. The Labute approximate surface area is 111 Å². The Bertz CT molecular complexity index is 478. The molecule has 1 heterocycles. The van der Waals surface area contributed by atoms with Crippen molar-refractivity contribution in [3.05, 3.63) is 17.0 Å². The van der Waals surface area contributed by atoms with Crippen LogP contribution in [0.5, 0.6) is 0 Å². The van der Waals surface area contributed by atoms with Gasteiger partial charge >= 0.3 is 0 Å². The van der Waals surface area contributed by atoms with Gasteiger partial charge in [0.05, 0.1) is 0 Å². The van der Waals surface area contributed by atoms with E-state index in [0.29, 0.717) is 23.3 Å². The van der Waals surface area contributed by atoms with Crippen LogP contribution in [0.1, 0.15) is 29.4 Å². The topological polar surface area (TPSA) is 71.2 Å². The van der Waals surface area contributed by atoms with E-state index in [0.717, 1.165) is 10.7 Å². The molecule has 1 saturated carbocycles. The fourth-order valence-corrected chi connectivity index (χ4v) is 2.56. The van der Waals surface area contributed by atoms with Crippen LogP contribution >= 0.6 is 11.3 Å². The summed E-state index contributed by atoms with van der Waals surface area (Å²) >= 11 is 1.32. The van der Waals surface area contributed by atoms with Gasteiger partial charge in [-0.05, 0) is 19.8 Å². The first-order valence-electron chi connectivity index (χ1n) is 5.90. The molecule has 1 aliphatic carbocycles. The second-order valence-corrected chi connectivity index (χ2v) is 5.77. The second kappa shape index (κ2) is 4.97. The molecule has 18 heavy (non-hydrogen) atoms. The van der Waals surface area contributed by atoms with Crippen LogP contribution in [0.4, 0.5) is 10.9 Å². The summed E-state index contributed by atoms with van der Waals surface area (Å²) in [5, 5.41) is 3.99. The molecule has 0 unspecified atom stereocenters. The maximum Gasteiger partial charge on any atom is 0.267 e. The highest BCUT2D eigenvalue weighted by Crippen LogP contribution is 2.31. The summed E-state index contributed by atoms with van der Waals surface area (Å²) in [6, 6.07) is 0.506. The second-order valence-electron chi connectivity index (χ2n) is 4.77. The number of amides is 1. The van der Waals surface area contributed by atoms with Crippen LogP contribution in [-0.4, -0.2) is 35.4 Å². The summed E-state index contributed by atoms with van der Waals surface area (Å²) in [5.41, 5.74) is 6.73. The third-order valence-electron chi connectivity index (χ3n) is 2.61. The van der Waals surface area contributed by atoms with Crippen LogP contribution in [0.15, 0.2) is 12.2 Å². The van der Waals surface area contributed by atoms with E-state index in [2.05, 4.69) is 16.9 Å². The highest BCUT2D eigenvalue weighted by molar-refractivity contribution is 7.18. The van der Waals surface area contributed by atoms with E-state index in [1.807, 2.05) is 6.92 Å². The number of carbonyl (C=O) groups is 1. The zero-order valence-corrected chi connectivity index (χ0v) is 11.5. The van der Waals surface area contributed by atoms with E-state index in [9.17, 15) is 4.79 Å². The Morgan fingerprint density at radius 2 is 2.33 bits per heavy atom. The first-order valence-corrected chi connectivity index (χ1v) is 6.71. The largest absolute Gasteiger partial charge is 0.382 e. The van der Waals surface area contributed by atoms with Gasteiger partial charge in [0.15, 0.2) is 5.13 Å². The number of nitrogen functional groups attached to an aromatic ring is 1. The lowest BCUT2D eigenvalue weighted by atomic mass is 10.3. The SMILES string of the molecule is C=C(C)CN(C)C(=O)c1sc(NC2CC2)nc1N. The number of anilines is 2. The minimum atomic E-state index is -0.100. The zero-order valence-electron chi connectivity index (χ0n) is 10.7. The van der Waals surface area contributed by atoms with Gasteiger partial charge in [0.25, 0.3) is 5.91 Å². The van der Waals surface area contributed by atoms with Gasteiger partial charge in [-0.2, -0.15) is 0 Å². The number of thiazole rings is 1. The summed E-state index contributed by atoms with van der Waals surface area (Å²) in [6.07, 6.45) is 2.33. The number of aromatic nitrogens is 1. The van der Waals surface area contributed by atoms with E-state index in [4.69, 9.17) is 5.73 Å². The Balaban J connectivity index is 2.08. The average Bonchev–Trinajstić information content (AvgIpc) is 3.00. The Morgan fingerprint density at radius 3 is 2.89 bits per heavy atom. The van der Waals surface area contributed by atoms with Crippen molar-refractivity contribution in [1.29, 1.82) is 0 Å². The third kappa shape index (κ3) is 3.01. The molecule has 2 rings (SSSR count). The minimum Gasteiger partial charge on any atom is -0.382 e. The molecule has 0 radical (unpaired) electrons. The highest BCUT2D eigenvalue weighted by Gasteiger charge is 2.25. The molecule has 0 spiro atoms. The zero-order chi connectivity index (χ0) is 13.3. The first-order chi connectivity index (χ1) is 8.47. The van der Waals surface area contributed by atoms with Gasteiger partial charge in [0.1, 0.15) is 10.7 Å². The molecule has 1 aromatic heterocycles. The first kappa shape index (κ1) is 12.9. The summed E-state index contributed by atoms with van der Waals surface area (Å²) < 4.78 is 0. The molecule has 0 saturated heterocycles. The third-order valence-corrected chi connectivity index (χ3v) is 3.60. The summed E-state index contributed by atoms with van der Waals surface area (Å²) in [7, 11) is 1.74. The van der Waals surface area contributed by atoms with Gasteiger partial charge in [-0.25, -0.2) is 4.98 Å². The molecular formula is C12H18N4OS. The number of nitrogens with zero attached hydrogens (tertiary/aromatic N) is 2. The molecule has 1 fully saturated rings. The predicted octanol–water partition coefficient (Wildman–Crippen LogP) is 1.95. The van der Waals surface area contributed by atoms with Crippen LogP contribution in [0.2, 0.25) is 0 Å². The molecule has 0 aromatic carbocycles. The highest BCUT2D eigenvalue weighted by atomic mass is 32.1. The lowest BCUT2D eigenvalue weighted by Crippen LogP contribution is -2.28. The van der Waals surface area contributed by atoms with Crippen LogP contribution in [-0.2, 0) is 0 Å². The van der Waals surface area contributed by atoms with Crippen LogP contribution in [0.3, 0.4) is 0 Å². The molecule has 1 aromatic rings. The van der Waals surface area contributed by atoms with Gasteiger partial charge in [0, 0.05) is 19.6 Å². The number of likely N-dealkylation sites (N-methyl/N-ethyl adjacent to an activating group) is 1. The molecule has 3 N–H and O–H groups in total. The smallest absolute Gasteiger partial charge is 0.267 e. The molecular weight excluding hydrogens is 248 g/mol. The Kier molecular flexibility index (Phi) is 3.56. The van der Waals surface area contributed by atoms with Crippen molar-refractivity contribution in [1.82, 2.24) is 9.88 Å². The van der Waals surface area contributed by atoms with Crippen molar-refractivity contribution in [3.8, 4) is 0 Å². The summed E-state index contributed by atoms with van der Waals surface area (Å²) in [6.45, 7) is 6.21. The quantitative estimate of drug-likeness (QED) is 0.799. The Hall–Kier alpha value is -1.56. The number of carbonyl (C=O) groups excluding carboxylic acids is 1. The predicted molar refractivity (Wildman–Crippen MR) is 74.9 cm³/mol. The lowest BCUT2D eigenvalue weighted by molar-refractivity contribution is 0.0812.